The molecule has 0 aromatic rings. The van der Waals surface area contributed by atoms with E-state index < -0.39 is 0 Å². The molecule has 5 nitrogen and oxygen atoms in total. The van der Waals surface area contributed by atoms with Gasteiger partial charge in [-0.3, -0.25) is 14.7 Å². The Labute approximate surface area is 124 Å². The van der Waals surface area contributed by atoms with Crippen LogP contribution in [0.1, 0.15) is 19.3 Å². The molecular weight excluding hydrogens is 268 g/mol. The van der Waals surface area contributed by atoms with Crippen molar-refractivity contribution < 1.29 is 14.3 Å². The minimum Gasteiger partial charge on any atom is -0.486 e. The van der Waals surface area contributed by atoms with E-state index in [2.05, 4.69) is 4.90 Å². The van der Waals surface area contributed by atoms with Crippen molar-refractivity contribution in [3.8, 4) is 0 Å². The minimum absolute atomic E-state index is 0.0112. The molecule has 2 fully saturated rings. The summed E-state index contributed by atoms with van der Waals surface area (Å²) in [5, 5.41) is 0. The number of allylic oxidation sites excluding steroid dienone is 3. The van der Waals surface area contributed by atoms with Gasteiger partial charge in [0.2, 0.25) is 0 Å². The van der Waals surface area contributed by atoms with Crippen LogP contribution in [-0.4, -0.2) is 60.9 Å². The van der Waals surface area contributed by atoms with Crippen LogP contribution in [0.5, 0.6) is 0 Å². The van der Waals surface area contributed by atoms with Crippen molar-refractivity contribution in [2.24, 2.45) is 4.99 Å². The van der Waals surface area contributed by atoms with Gasteiger partial charge in [-0.05, 0) is 25.0 Å². The van der Waals surface area contributed by atoms with Crippen LogP contribution in [0.4, 0.5) is 0 Å². The molecule has 2 heterocycles. The molecule has 2 aliphatic carbocycles. The molecule has 21 heavy (non-hydrogen) atoms. The molecule has 0 aromatic carbocycles. The van der Waals surface area contributed by atoms with Gasteiger partial charge in [-0.15, -0.1) is 0 Å². The third-order valence-corrected chi connectivity index (χ3v) is 4.81. The number of aliphatic imine (C=N–C) groups is 1. The van der Waals surface area contributed by atoms with E-state index in [0.717, 1.165) is 44.9 Å². The molecule has 0 bridgehead atoms. The maximum absolute atomic E-state index is 11.5. The smallest absolute Gasteiger partial charge is 0.182 e. The summed E-state index contributed by atoms with van der Waals surface area (Å²) in [4.78, 5) is 18.8. The fraction of sp³-hybridized carbons (Fsp3) is 0.625. The van der Waals surface area contributed by atoms with E-state index in [0.29, 0.717) is 11.8 Å². The Morgan fingerprint density at radius 2 is 2.05 bits per heavy atom. The topological polar surface area (TPSA) is 51.1 Å². The number of carbonyl (C=O) groups is 1. The number of ketones is 1. The Kier molecular flexibility index (Phi) is 3.39. The molecule has 3 atom stereocenters. The van der Waals surface area contributed by atoms with Gasteiger partial charge in [0.25, 0.3) is 0 Å². The number of carbonyl (C=O) groups excluding carboxylic acids is 1. The molecule has 0 aromatic heterocycles. The second-order valence-corrected chi connectivity index (χ2v) is 6.10. The second-order valence-electron chi connectivity index (χ2n) is 6.10. The van der Waals surface area contributed by atoms with Crippen molar-refractivity contribution in [3.05, 3.63) is 24.0 Å². The first kappa shape index (κ1) is 13.2. The predicted molar refractivity (Wildman–Crippen MR) is 78.4 cm³/mol. The Hall–Kier alpha value is -1.46. The van der Waals surface area contributed by atoms with Crippen LogP contribution in [0.2, 0.25) is 0 Å². The molecule has 0 radical (unpaired) electrons. The molecule has 5 heteroatoms. The summed E-state index contributed by atoms with van der Waals surface area (Å²) in [6.07, 6.45) is 8.24. The van der Waals surface area contributed by atoms with Crippen LogP contribution in [0, 0.1) is 0 Å². The Morgan fingerprint density at radius 1 is 1.19 bits per heavy atom. The third-order valence-electron chi connectivity index (χ3n) is 4.81. The zero-order valence-electron chi connectivity index (χ0n) is 12.0. The molecule has 4 aliphatic rings. The Morgan fingerprint density at radius 3 is 2.90 bits per heavy atom. The van der Waals surface area contributed by atoms with Crippen LogP contribution in [0.3, 0.4) is 0 Å². The van der Waals surface area contributed by atoms with E-state index in [1.165, 1.54) is 6.42 Å². The molecule has 2 aliphatic heterocycles. The molecule has 0 N–H and O–H groups in total. The maximum Gasteiger partial charge on any atom is 0.182 e. The standard InChI is InChI=1S/C16H20N2O3/c19-12-2-4-14-16(10-12)21-15-9-11(1-3-13(15)17-14)18-5-7-20-8-6-18/h2,4,10-11,13,15H,1,3,5-9H2/t11-,13-,15-/m1/s1. The SMILES string of the molecule is O=C1C=CC2=N[C@@H]3CC[C@@H](N4CCOCC4)C[C@H]3OC2=C1. The first-order valence-corrected chi connectivity index (χ1v) is 7.80. The number of rotatable bonds is 1. The molecule has 4 rings (SSSR count). The van der Waals surface area contributed by atoms with Gasteiger partial charge in [-0.25, -0.2) is 0 Å². The second kappa shape index (κ2) is 5.39. The summed E-state index contributed by atoms with van der Waals surface area (Å²) in [5.41, 5.74) is 0.834. The highest BCUT2D eigenvalue weighted by Crippen LogP contribution is 2.33. The number of ether oxygens (including phenoxy) is 2. The minimum atomic E-state index is -0.0112. The fourth-order valence-electron chi connectivity index (χ4n) is 3.68. The molecule has 1 saturated heterocycles. The van der Waals surface area contributed by atoms with Gasteiger partial charge in [0, 0.05) is 31.6 Å². The zero-order valence-corrected chi connectivity index (χ0v) is 12.0. The van der Waals surface area contributed by atoms with Crippen LogP contribution in [0.25, 0.3) is 0 Å². The van der Waals surface area contributed by atoms with E-state index in [4.69, 9.17) is 14.5 Å². The quantitative estimate of drug-likeness (QED) is 0.678. The summed E-state index contributed by atoms with van der Waals surface area (Å²) in [7, 11) is 0. The van der Waals surface area contributed by atoms with Crippen LogP contribution >= 0.6 is 0 Å². The van der Waals surface area contributed by atoms with Gasteiger partial charge in [-0.2, -0.15) is 0 Å². The predicted octanol–water partition coefficient (Wildman–Crippen LogP) is 1.10. The normalized spacial score (nSPS) is 36.2. The maximum atomic E-state index is 11.5. The molecule has 0 amide bonds. The van der Waals surface area contributed by atoms with Crippen molar-refractivity contribution in [2.45, 2.75) is 37.5 Å². The summed E-state index contributed by atoms with van der Waals surface area (Å²) in [5.74, 6) is 0.648. The zero-order chi connectivity index (χ0) is 14.2. The van der Waals surface area contributed by atoms with Crippen molar-refractivity contribution >= 4 is 11.5 Å². The van der Waals surface area contributed by atoms with Gasteiger partial charge in [0.05, 0.1) is 19.3 Å². The van der Waals surface area contributed by atoms with Crippen molar-refractivity contribution in [1.82, 2.24) is 4.90 Å². The summed E-state index contributed by atoms with van der Waals surface area (Å²) in [6.45, 7) is 3.69. The van der Waals surface area contributed by atoms with Gasteiger partial charge in [0.1, 0.15) is 17.6 Å². The highest BCUT2D eigenvalue weighted by Gasteiger charge is 2.38. The van der Waals surface area contributed by atoms with Crippen molar-refractivity contribution in [3.63, 3.8) is 0 Å². The van der Waals surface area contributed by atoms with Gasteiger partial charge in [-0.1, -0.05) is 0 Å². The highest BCUT2D eigenvalue weighted by atomic mass is 16.5. The molecular formula is C16H20N2O3. The lowest BCUT2D eigenvalue weighted by Gasteiger charge is -2.43. The van der Waals surface area contributed by atoms with E-state index in [1.807, 2.05) is 0 Å². The van der Waals surface area contributed by atoms with Crippen LogP contribution in [-0.2, 0) is 14.3 Å². The molecule has 1 saturated carbocycles. The number of hydrogen-bond donors (Lipinski definition) is 0. The average Bonchev–Trinajstić information content (AvgIpc) is 2.53. The molecule has 0 unspecified atom stereocenters. The van der Waals surface area contributed by atoms with E-state index in [9.17, 15) is 4.79 Å². The lowest BCUT2D eigenvalue weighted by atomic mass is 9.86. The first-order valence-electron chi connectivity index (χ1n) is 7.80. The monoisotopic (exact) mass is 288 g/mol. The lowest BCUT2D eigenvalue weighted by Crippen LogP contribution is -2.50. The Bertz CT molecular complexity index is 532. The summed E-state index contributed by atoms with van der Waals surface area (Å²) < 4.78 is 11.5. The highest BCUT2D eigenvalue weighted by molar-refractivity contribution is 6.18. The largest absolute Gasteiger partial charge is 0.486 e. The lowest BCUT2D eigenvalue weighted by molar-refractivity contribution is -0.110. The first-order chi connectivity index (χ1) is 10.3. The average molecular weight is 288 g/mol. The number of hydrogen-bond acceptors (Lipinski definition) is 5. The van der Waals surface area contributed by atoms with E-state index in [-0.39, 0.29) is 17.9 Å². The molecule has 0 spiro atoms. The Balaban J connectivity index is 1.49. The van der Waals surface area contributed by atoms with Crippen LogP contribution < -0.4 is 0 Å². The van der Waals surface area contributed by atoms with E-state index >= 15 is 0 Å². The van der Waals surface area contributed by atoms with E-state index in [1.54, 1.807) is 18.2 Å². The summed E-state index contributed by atoms with van der Waals surface area (Å²) >= 11 is 0. The number of fused-ring (bicyclic) bond motifs is 2. The van der Waals surface area contributed by atoms with Crippen molar-refractivity contribution in [1.29, 1.82) is 0 Å². The van der Waals surface area contributed by atoms with Crippen LogP contribution in [0.15, 0.2) is 29.0 Å². The molecule has 112 valence electrons. The fourth-order valence-corrected chi connectivity index (χ4v) is 3.68. The van der Waals surface area contributed by atoms with Gasteiger partial charge < -0.3 is 9.47 Å². The number of morpholine rings is 1. The number of nitrogens with zero attached hydrogens (tertiary/aromatic N) is 2. The third kappa shape index (κ3) is 2.56. The van der Waals surface area contributed by atoms with Gasteiger partial charge >= 0.3 is 0 Å². The summed E-state index contributed by atoms with van der Waals surface area (Å²) in [6, 6.07) is 0.801. The van der Waals surface area contributed by atoms with Crippen molar-refractivity contribution in [2.75, 3.05) is 26.3 Å². The van der Waals surface area contributed by atoms with Gasteiger partial charge in [0.15, 0.2) is 5.78 Å².